The van der Waals surface area contributed by atoms with Gasteiger partial charge in [-0.25, -0.2) is 4.98 Å². The number of nitrogens with zero attached hydrogens (tertiary/aromatic N) is 2. The number of hydrogen-bond acceptors (Lipinski definition) is 2. The third-order valence-corrected chi connectivity index (χ3v) is 6.02. The summed E-state index contributed by atoms with van der Waals surface area (Å²) in [6.07, 6.45) is 8.66. The van der Waals surface area contributed by atoms with Gasteiger partial charge >= 0.3 is 0 Å². The van der Waals surface area contributed by atoms with Gasteiger partial charge in [0, 0.05) is 24.6 Å². The second-order valence-electron chi connectivity index (χ2n) is 8.19. The molecule has 1 fully saturated rings. The van der Waals surface area contributed by atoms with Crippen molar-refractivity contribution in [3.8, 4) is 0 Å². The van der Waals surface area contributed by atoms with Crippen molar-refractivity contribution in [2.45, 2.75) is 64.8 Å². The van der Waals surface area contributed by atoms with Crippen LogP contribution >= 0.6 is 0 Å². The van der Waals surface area contributed by atoms with Crippen LogP contribution in [0.1, 0.15) is 56.8 Å². The molecule has 4 nitrogen and oxygen atoms in total. The fourth-order valence-electron chi connectivity index (χ4n) is 4.41. The summed E-state index contributed by atoms with van der Waals surface area (Å²) in [5.41, 5.74) is 4.49. The minimum absolute atomic E-state index is 0.186. The Morgan fingerprint density at radius 3 is 2.55 bits per heavy atom. The molecule has 1 N–H and O–H groups in total. The van der Waals surface area contributed by atoms with E-state index in [1.807, 2.05) is 12.1 Å². The normalized spacial score (nSPS) is 14.9. The summed E-state index contributed by atoms with van der Waals surface area (Å²) in [6, 6.07) is 16.7. The second-order valence-corrected chi connectivity index (χ2v) is 8.19. The van der Waals surface area contributed by atoms with Crippen molar-refractivity contribution in [1.29, 1.82) is 0 Å². The minimum Gasteiger partial charge on any atom is -0.328 e. The third kappa shape index (κ3) is 4.69. The smallest absolute Gasteiger partial charge is 0.227 e. The molecule has 4 heteroatoms. The Hall–Kier alpha value is -2.62. The van der Waals surface area contributed by atoms with Gasteiger partial charge in [-0.1, -0.05) is 50.5 Å². The summed E-state index contributed by atoms with van der Waals surface area (Å²) >= 11 is 0. The maximum atomic E-state index is 12.4. The Morgan fingerprint density at radius 1 is 1.03 bits per heavy atom. The summed E-state index contributed by atoms with van der Waals surface area (Å²) in [6.45, 7) is 3.21. The first-order valence-corrected chi connectivity index (χ1v) is 11.1. The Bertz CT molecular complexity index is 952. The number of carbonyl (C=O) groups is 1. The van der Waals surface area contributed by atoms with Gasteiger partial charge in [0.2, 0.25) is 5.91 Å². The quantitative estimate of drug-likeness (QED) is 0.559. The van der Waals surface area contributed by atoms with E-state index in [-0.39, 0.29) is 11.8 Å². The van der Waals surface area contributed by atoms with Gasteiger partial charge in [-0.2, -0.15) is 0 Å². The molecule has 1 aliphatic carbocycles. The van der Waals surface area contributed by atoms with E-state index in [0.29, 0.717) is 0 Å². The van der Waals surface area contributed by atoms with Crippen molar-refractivity contribution >= 4 is 22.6 Å². The first kappa shape index (κ1) is 19.7. The maximum Gasteiger partial charge on any atom is 0.227 e. The Labute approximate surface area is 173 Å². The number of amides is 1. The minimum atomic E-state index is 0.186. The molecule has 1 heterocycles. The van der Waals surface area contributed by atoms with Crippen molar-refractivity contribution in [2.75, 3.05) is 5.32 Å². The molecule has 0 atom stereocenters. The molecule has 1 aliphatic rings. The zero-order chi connectivity index (χ0) is 20.1. The van der Waals surface area contributed by atoms with E-state index in [1.54, 1.807) is 0 Å². The molecule has 29 heavy (non-hydrogen) atoms. The van der Waals surface area contributed by atoms with Gasteiger partial charge in [0.15, 0.2) is 0 Å². The fraction of sp³-hybridized carbons (Fsp3) is 0.440. The molecule has 0 spiro atoms. The Morgan fingerprint density at radius 2 is 1.79 bits per heavy atom. The highest BCUT2D eigenvalue weighted by Gasteiger charge is 2.21. The summed E-state index contributed by atoms with van der Waals surface area (Å²) < 4.78 is 2.36. The summed E-state index contributed by atoms with van der Waals surface area (Å²) in [4.78, 5) is 17.3. The van der Waals surface area contributed by atoms with E-state index in [4.69, 9.17) is 4.98 Å². The highest BCUT2D eigenvalue weighted by atomic mass is 16.1. The molecule has 0 saturated heterocycles. The number of carbonyl (C=O) groups excluding carboxylic acids is 1. The lowest BCUT2D eigenvalue weighted by atomic mass is 9.88. The van der Waals surface area contributed by atoms with Crippen LogP contribution in [0.5, 0.6) is 0 Å². The van der Waals surface area contributed by atoms with Crippen LogP contribution in [-0.4, -0.2) is 15.5 Å². The van der Waals surface area contributed by atoms with Gasteiger partial charge in [0.1, 0.15) is 5.82 Å². The Balaban J connectivity index is 1.38. The molecule has 152 valence electrons. The number of aromatic nitrogens is 2. The molecule has 1 saturated carbocycles. The van der Waals surface area contributed by atoms with Crippen molar-refractivity contribution < 1.29 is 4.79 Å². The molecular weight excluding hydrogens is 358 g/mol. The molecular formula is C25H31N3O. The number of para-hydroxylation sites is 2. The second kappa shape index (κ2) is 9.25. The maximum absolute atomic E-state index is 12.4. The van der Waals surface area contributed by atoms with Gasteiger partial charge in [0.25, 0.3) is 0 Å². The lowest BCUT2D eigenvalue weighted by molar-refractivity contribution is -0.120. The van der Waals surface area contributed by atoms with E-state index in [0.717, 1.165) is 55.7 Å². The number of imidazole rings is 1. The first-order valence-electron chi connectivity index (χ1n) is 11.1. The topological polar surface area (TPSA) is 46.9 Å². The number of hydrogen-bond donors (Lipinski definition) is 1. The molecule has 0 unspecified atom stereocenters. The van der Waals surface area contributed by atoms with Gasteiger partial charge in [-0.15, -0.1) is 0 Å². The molecule has 0 radical (unpaired) electrons. The highest BCUT2D eigenvalue weighted by Crippen LogP contribution is 2.25. The van der Waals surface area contributed by atoms with Crippen LogP contribution in [0.3, 0.4) is 0 Å². The van der Waals surface area contributed by atoms with E-state index >= 15 is 0 Å². The van der Waals surface area contributed by atoms with E-state index in [2.05, 4.69) is 53.2 Å². The summed E-state index contributed by atoms with van der Waals surface area (Å²) in [7, 11) is 0. The lowest BCUT2D eigenvalue weighted by Gasteiger charge is -2.20. The SMILES string of the molecule is CCCn1c(CCc2ccc(NC(=O)C3CCCCC3)cc2)nc2ccccc21. The molecule has 3 aromatic rings. The monoisotopic (exact) mass is 389 g/mol. The molecule has 1 aromatic heterocycles. The predicted octanol–water partition coefficient (Wildman–Crippen LogP) is 5.75. The van der Waals surface area contributed by atoms with E-state index in [1.165, 1.54) is 30.3 Å². The number of fused-ring (bicyclic) bond motifs is 1. The lowest BCUT2D eigenvalue weighted by Crippen LogP contribution is -2.24. The number of rotatable bonds is 7. The fourth-order valence-corrected chi connectivity index (χ4v) is 4.41. The molecule has 2 aromatic carbocycles. The molecule has 0 bridgehead atoms. The third-order valence-electron chi connectivity index (χ3n) is 6.02. The largest absolute Gasteiger partial charge is 0.328 e. The average molecular weight is 390 g/mol. The Kier molecular flexibility index (Phi) is 6.28. The van der Waals surface area contributed by atoms with Crippen LogP contribution in [0.15, 0.2) is 48.5 Å². The summed E-state index contributed by atoms with van der Waals surface area (Å²) in [5.74, 6) is 1.53. The highest BCUT2D eigenvalue weighted by molar-refractivity contribution is 5.92. The van der Waals surface area contributed by atoms with Crippen molar-refractivity contribution in [3.05, 3.63) is 59.9 Å². The van der Waals surface area contributed by atoms with Gasteiger partial charge in [-0.05, 0) is 55.5 Å². The van der Waals surface area contributed by atoms with Gasteiger partial charge < -0.3 is 9.88 Å². The van der Waals surface area contributed by atoms with Crippen LogP contribution in [0.4, 0.5) is 5.69 Å². The van der Waals surface area contributed by atoms with Crippen molar-refractivity contribution in [1.82, 2.24) is 9.55 Å². The van der Waals surface area contributed by atoms with Crippen molar-refractivity contribution in [2.24, 2.45) is 5.92 Å². The molecule has 1 amide bonds. The predicted molar refractivity (Wildman–Crippen MR) is 119 cm³/mol. The number of nitrogens with one attached hydrogen (secondary N) is 1. The van der Waals surface area contributed by atoms with E-state index in [9.17, 15) is 4.79 Å². The van der Waals surface area contributed by atoms with Crippen LogP contribution in [0, 0.1) is 5.92 Å². The number of aryl methyl sites for hydroxylation is 3. The first-order chi connectivity index (χ1) is 14.2. The van der Waals surface area contributed by atoms with Crippen molar-refractivity contribution in [3.63, 3.8) is 0 Å². The zero-order valence-electron chi connectivity index (χ0n) is 17.4. The van der Waals surface area contributed by atoms with E-state index < -0.39 is 0 Å². The number of anilines is 1. The standard InChI is InChI=1S/C25H31N3O/c1-2-18-28-23-11-7-6-10-22(23)27-24(28)17-14-19-12-15-21(16-13-19)26-25(29)20-8-4-3-5-9-20/h6-7,10-13,15-16,20H,2-5,8-9,14,17-18H2,1H3,(H,26,29). The van der Waals surface area contributed by atoms with Crippen LogP contribution in [-0.2, 0) is 24.2 Å². The van der Waals surface area contributed by atoms with Gasteiger partial charge in [0.05, 0.1) is 11.0 Å². The van der Waals surface area contributed by atoms with Gasteiger partial charge in [-0.3, -0.25) is 4.79 Å². The van der Waals surface area contributed by atoms with Crippen LogP contribution < -0.4 is 5.32 Å². The summed E-state index contributed by atoms with van der Waals surface area (Å²) in [5, 5.41) is 3.10. The van der Waals surface area contributed by atoms with Crippen LogP contribution in [0.2, 0.25) is 0 Å². The number of benzene rings is 2. The average Bonchev–Trinajstić information content (AvgIpc) is 3.12. The molecule has 0 aliphatic heterocycles. The zero-order valence-corrected chi connectivity index (χ0v) is 17.4. The molecule has 4 rings (SSSR count). The van der Waals surface area contributed by atoms with Crippen LogP contribution in [0.25, 0.3) is 11.0 Å².